The lowest BCUT2D eigenvalue weighted by Crippen LogP contribution is -2.54. The van der Waals surface area contributed by atoms with Gasteiger partial charge >= 0.3 is 11.9 Å². The summed E-state index contributed by atoms with van der Waals surface area (Å²) in [5.74, 6) is -5.59. The fourth-order valence-corrected chi connectivity index (χ4v) is 2.98. The molecule has 31 heavy (non-hydrogen) atoms. The molecule has 1 fully saturated rings. The number of nitrogens with two attached hydrogens (primary N) is 1. The van der Waals surface area contributed by atoms with Gasteiger partial charge in [-0.25, -0.2) is 0 Å². The summed E-state index contributed by atoms with van der Waals surface area (Å²) in [5, 5.41) is 24.0. The summed E-state index contributed by atoms with van der Waals surface area (Å²) in [6.45, 7) is 2.64. The Morgan fingerprint density at radius 3 is 2.23 bits per heavy atom. The van der Waals surface area contributed by atoms with Gasteiger partial charge in [-0.3, -0.25) is 28.8 Å². The van der Waals surface area contributed by atoms with Gasteiger partial charge < -0.3 is 36.8 Å². The Kier molecular flexibility index (Phi) is 9.86. The van der Waals surface area contributed by atoms with Gasteiger partial charge in [0.25, 0.3) is 0 Å². The molecule has 13 nitrogen and oxygen atoms in total. The highest BCUT2D eigenvalue weighted by Gasteiger charge is 2.37. The van der Waals surface area contributed by atoms with Crippen molar-refractivity contribution in [2.45, 2.75) is 51.2 Å². The molecular weight excluding hydrogens is 414 g/mol. The van der Waals surface area contributed by atoms with Gasteiger partial charge in [-0.05, 0) is 18.8 Å². The van der Waals surface area contributed by atoms with Gasteiger partial charge in [-0.15, -0.1) is 0 Å². The van der Waals surface area contributed by atoms with Crippen LogP contribution in [0.3, 0.4) is 0 Å². The van der Waals surface area contributed by atoms with Crippen LogP contribution in [0, 0.1) is 5.92 Å². The standard InChI is InChI=1S/C18H29N5O8/c1-9(2)15(19)18(31)23-5-3-4-11(23)17(30)20-7-12(24)22-10(6-13(25)26)16(29)21-8-14(27)28/h9-11,15H,3-8,19H2,1-2H3,(H,20,30)(H,21,29)(H,22,24)(H,25,26)(H,27,28)/t10-,11-,15-/m0/s1. The molecule has 7 N–H and O–H groups in total. The Hall–Kier alpha value is -3.22. The SMILES string of the molecule is CC(C)[C@H](N)C(=O)N1CCC[C@H]1C(=O)NCC(=O)N[C@@H](CC(=O)O)C(=O)NCC(=O)O. The topological polar surface area (TPSA) is 208 Å². The molecule has 0 aliphatic carbocycles. The molecule has 0 unspecified atom stereocenters. The highest BCUT2D eigenvalue weighted by atomic mass is 16.4. The third kappa shape index (κ3) is 8.20. The fraction of sp³-hybridized carbons (Fsp3) is 0.667. The van der Waals surface area contributed by atoms with Gasteiger partial charge in [0.15, 0.2) is 0 Å². The van der Waals surface area contributed by atoms with Crippen molar-refractivity contribution in [3.05, 3.63) is 0 Å². The Morgan fingerprint density at radius 2 is 1.68 bits per heavy atom. The number of hydrogen-bond acceptors (Lipinski definition) is 7. The van der Waals surface area contributed by atoms with E-state index in [0.29, 0.717) is 19.4 Å². The van der Waals surface area contributed by atoms with Gasteiger partial charge in [-0.2, -0.15) is 0 Å². The molecule has 3 atom stereocenters. The molecule has 1 rings (SSSR count). The molecule has 1 aliphatic rings. The van der Waals surface area contributed by atoms with Crippen molar-refractivity contribution in [1.29, 1.82) is 0 Å². The number of carbonyl (C=O) groups excluding carboxylic acids is 4. The lowest BCUT2D eigenvalue weighted by Gasteiger charge is -2.28. The number of nitrogens with one attached hydrogen (secondary N) is 3. The smallest absolute Gasteiger partial charge is 0.322 e. The maximum atomic E-state index is 12.5. The number of likely N-dealkylation sites (tertiary alicyclic amines) is 1. The van der Waals surface area contributed by atoms with Crippen molar-refractivity contribution < 1.29 is 39.0 Å². The Morgan fingerprint density at radius 1 is 1.03 bits per heavy atom. The van der Waals surface area contributed by atoms with E-state index in [1.54, 1.807) is 13.8 Å². The zero-order valence-corrected chi connectivity index (χ0v) is 17.4. The van der Waals surface area contributed by atoms with Crippen molar-refractivity contribution in [3.63, 3.8) is 0 Å². The predicted molar refractivity (Wildman–Crippen MR) is 105 cm³/mol. The lowest BCUT2D eigenvalue weighted by molar-refractivity contribution is -0.141. The maximum absolute atomic E-state index is 12.5. The second-order valence-electron chi connectivity index (χ2n) is 7.51. The van der Waals surface area contributed by atoms with Crippen molar-refractivity contribution in [3.8, 4) is 0 Å². The van der Waals surface area contributed by atoms with Gasteiger partial charge in [0, 0.05) is 6.54 Å². The minimum absolute atomic E-state index is 0.110. The zero-order valence-electron chi connectivity index (χ0n) is 17.4. The molecule has 0 aromatic carbocycles. The van der Waals surface area contributed by atoms with Crippen LogP contribution >= 0.6 is 0 Å². The number of carboxylic acid groups (broad SMARTS) is 2. The van der Waals surface area contributed by atoms with Crippen molar-refractivity contribution >= 4 is 35.6 Å². The lowest BCUT2D eigenvalue weighted by atomic mass is 10.0. The average molecular weight is 443 g/mol. The summed E-state index contributed by atoms with van der Waals surface area (Å²) in [4.78, 5) is 71.8. The summed E-state index contributed by atoms with van der Waals surface area (Å²) in [6, 6.07) is -3.05. The first-order valence-electron chi connectivity index (χ1n) is 9.78. The van der Waals surface area contributed by atoms with Gasteiger partial charge in [0.1, 0.15) is 18.6 Å². The molecule has 0 spiro atoms. The summed E-state index contributed by atoms with van der Waals surface area (Å²) in [6.07, 6.45) is 0.234. The van der Waals surface area contributed by atoms with E-state index in [4.69, 9.17) is 15.9 Å². The quantitative estimate of drug-likeness (QED) is 0.195. The van der Waals surface area contributed by atoms with Crippen LogP contribution in [-0.4, -0.2) is 88.4 Å². The van der Waals surface area contributed by atoms with Gasteiger partial charge in [-0.1, -0.05) is 13.8 Å². The molecule has 0 aromatic rings. The van der Waals surface area contributed by atoms with E-state index < -0.39 is 67.3 Å². The van der Waals surface area contributed by atoms with Crippen molar-refractivity contribution in [2.75, 3.05) is 19.6 Å². The second kappa shape index (κ2) is 11.8. The van der Waals surface area contributed by atoms with Crippen molar-refractivity contribution in [2.24, 2.45) is 11.7 Å². The number of rotatable bonds is 11. The van der Waals surface area contributed by atoms with Gasteiger partial charge in [0.2, 0.25) is 23.6 Å². The number of hydrogen-bond donors (Lipinski definition) is 6. The molecule has 0 saturated carbocycles. The third-order valence-electron chi connectivity index (χ3n) is 4.71. The van der Waals surface area contributed by atoms with E-state index in [1.165, 1.54) is 4.90 Å². The van der Waals surface area contributed by atoms with Crippen LogP contribution in [0.25, 0.3) is 0 Å². The van der Waals surface area contributed by atoms with E-state index >= 15 is 0 Å². The van der Waals surface area contributed by atoms with Crippen LogP contribution in [-0.2, 0) is 28.8 Å². The summed E-state index contributed by atoms with van der Waals surface area (Å²) < 4.78 is 0. The average Bonchev–Trinajstić information content (AvgIpc) is 3.17. The van der Waals surface area contributed by atoms with E-state index in [0.717, 1.165) is 0 Å². The highest BCUT2D eigenvalue weighted by molar-refractivity contribution is 5.95. The summed E-state index contributed by atoms with van der Waals surface area (Å²) in [5.41, 5.74) is 5.88. The van der Waals surface area contributed by atoms with E-state index in [1.807, 2.05) is 5.32 Å². The molecule has 0 radical (unpaired) electrons. The Balaban J connectivity index is 2.64. The molecule has 1 heterocycles. The molecular formula is C18H29N5O8. The van der Waals surface area contributed by atoms with Crippen LogP contribution < -0.4 is 21.7 Å². The third-order valence-corrected chi connectivity index (χ3v) is 4.71. The van der Waals surface area contributed by atoms with Crippen LogP contribution in [0.4, 0.5) is 0 Å². The van der Waals surface area contributed by atoms with Crippen molar-refractivity contribution in [1.82, 2.24) is 20.9 Å². The monoisotopic (exact) mass is 443 g/mol. The van der Waals surface area contributed by atoms with Crippen LogP contribution in [0.2, 0.25) is 0 Å². The largest absolute Gasteiger partial charge is 0.481 e. The Labute approximate surface area is 178 Å². The minimum Gasteiger partial charge on any atom is -0.481 e. The number of amides is 4. The van der Waals surface area contributed by atoms with Crippen LogP contribution in [0.15, 0.2) is 0 Å². The van der Waals surface area contributed by atoms with E-state index in [-0.39, 0.29) is 11.8 Å². The van der Waals surface area contributed by atoms with E-state index in [2.05, 4.69) is 10.6 Å². The predicted octanol–water partition coefficient (Wildman–Crippen LogP) is -2.76. The minimum atomic E-state index is -1.52. The normalized spacial score (nSPS) is 17.5. The van der Waals surface area contributed by atoms with Gasteiger partial charge in [0.05, 0.1) is 19.0 Å². The molecule has 0 bridgehead atoms. The maximum Gasteiger partial charge on any atom is 0.322 e. The molecule has 0 aromatic heterocycles. The number of carbonyl (C=O) groups is 6. The number of aliphatic carboxylic acids is 2. The summed E-state index contributed by atoms with van der Waals surface area (Å²) >= 11 is 0. The van der Waals surface area contributed by atoms with Crippen LogP contribution in [0.5, 0.6) is 0 Å². The molecule has 4 amide bonds. The van der Waals surface area contributed by atoms with Crippen LogP contribution in [0.1, 0.15) is 33.1 Å². The van der Waals surface area contributed by atoms with E-state index in [9.17, 15) is 28.8 Å². The highest BCUT2D eigenvalue weighted by Crippen LogP contribution is 2.19. The molecule has 1 aliphatic heterocycles. The Bertz CT molecular complexity index is 726. The number of carboxylic acids is 2. The molecule has 174 valence electrons. The molecule has 1 saturated heterocycles. The number of nitrogens with zero attached hydrogens (tertiary/aromatic N) is 1. The fourth-order valence-electron chi connectivity index (χ4n) is 2.98. The first-order chi connectivity index (χ1) is 14.4. The first-order valence-corrected chi connectivity index (χ1v) is 9.78. The summed E-state index contributed by atoms with van der Waals surface area (Å²) in [7, 11) is 0. The zero-order chi connectivity index (χ0) is 23.7. The molecule has 13 heteroatoms. The second-order valence-corrected chi connectivity index (χ2v) is 7.51. The first kappa shape index (κ1) is 25.8.